The molecule has 1 aromatic heterocycles. The molecule has 3 aromatic rings. The van der Waals surface area contributed by atoms with E-state index in [0.717, 1.165) is 5.56 Å². The van der Waals surface area contributed by atoms with Gasteiger partial charge in [0.25, 0.3) is 5.91 Å². The predicted molar refractivity (Wildman–Crippen MR) is 111 cm³/mol. The zero-order valence-corrected chi connectivity index (χ0v) is 17.0. The van der Waals surface area contributed by atoms with Crippen molar-refractivity contribution in [1.29, 1.82) is 0 Å². The third-order valence-corrected chi connectivity index (χ3v) is 4.36. The average molecular weight is 457 g/mol. The monoisotopic (exact) mass is 456 g/mol. The number of hydrogen-bond acceptors (Lipinski definition) is 6. The number of benzene rings is 2. The number of furan rings is 1. The molecule has 0 unspecified atom stereocenters. The number of aromatic hydroxyl groups is 1. The minimum absolute atomic E-state index is 0.0957. The molecule has 2 aromatic carbocycles. The molecule has 0 saturated heterocycles. The highest BCUT2D eigenvalue weighted by atomic mass is 79.9. The van der Waals surface area contributed by atoms with E-state index in [1.807, 2.05) is 0 Å². The number of phenolic OH excluding ortho intramolecular Hbond substituents is 1. The van der Waals surface area contributed by atoms with Crippen molar-refractivity contribution in [1.82, 2.24) is 5.43 Å². The first kappa shape index (κ1) is 20.3. The molecule has 0 aliphatic carbocycles. The Morgan fingerprint density at radius 1 is 1.17 bits per heavy atom. The quantitative estimate of drug-likeness (QED) is 0.326. The van der Waals surface area contributed by atoms with Crippen molar-refractivity contribution in [3.63, 3.8) is 0 Å². The summed E-state index contributed by atoms with van der Waals surface area (Å²) >= 11 is 3.24. The number of hydrogen-bond donors (Lipinski definition) is 2. The first-order chi connectivity index (χ1) is 14.0. The Bertz CT molecular complexity index is 1060. The number of rotatable bonds is 6. The van der Waals surface area contributed by atoms with Crippen LogP contribution < -0.4 is 5.43 Å². The Morgan fingerprint density at radius 3 is 2.66 bits per heavy atom. The molecule has 7 nitrogen and oxygen atoms in total. The highest BCUT2D eigenvalue weighted by molar-refractivity contribution is 9.10. The summed E-state index contributed by atoms with van der Waals surface area (Å²) in [7, 11) is 0. The summed E-state index contributed by atoms with van der Waals surface area (Å²) in [6, 6.07) is 14.8. The van der Waals surface area contributed by atoms with Crippen molar-refractivity contribution in [2.24, 2.45) is 5.10 Å². The highest BCUT2D eigenvalue weighted by Gasteiger charge is 2.11. The van der Waals surface area contributed by atoms with Crippen LogP contribution in [0.2, 0.25) is 0 Å². The SMILES string of the molecule is CCOC(=O)c1ccc(-c2ccc(/C=N/NC(=O)c3cc(Br)ccc3O)o2)cc1. The van der Waals surface area contributed by atoms with Gasteiger partial charge < -0.3 is 14.3 Å². The molecule has 1 heterocycles. The molecule has 0 atom stereocenters. The van der Waals surface area contributed by atoms with Gasteiger partial charge in [0, 0.05) is 10.0 Å². The number of amides is 1. The summed E-state index contributed by atoms with van der Waals surface area (Å²) in [5, 5.41) is 13.6. The van der Waals surface area contributed by atoms with E-state index in [2.05, 4.69) is 26.5 Å². The molecule has 8 heteroatoms. The number of nitrogens with zero attached hydrogens (tertiary/aromatic N) is 1. The molecule has 29 heavy (non-hydrogen) atoms. The van der Waals surface area contributed by atoms with Crippen molar-refractivity contribution in [2.45, 2.75) is 6.92 Å². The number of carbonyl (C=O) groups is 2. The van der Waals surface area contributed by atoms with Crippen molar-refractivity contribution in [2.75, 3.05) is 6.61 Å². The van der Waals surface area contributed by atoms with Crippen LogP contribution in [0.4, 0.5) is 0 Å². The van der Waals surface area contributed by atoms with Crippen LogP contribution in [-0.2, 0) is 4.74 Å². The van der Waals surface area contributed by atoms with Crippen molar-refractivity contribution in [3.8, 4) is 17.1 Å². The summed E-state index contributed by atoms with van der Waals surface area (Å²) in [6.07, 6.45) is 1.35. The lowest BCUT2D eigenvalue weighted by Gasteiger charge is -2.03. The van der Waals surface area contributed by atoms with Crippen LogP contribution in [0.15, 0.2) is 68.6 Å². The van der Waals surface area contributed by atoms with Crippen molar-refractivity contribution >= 4 is 34.0 Å². The first-order valence-corrected chi connectivity index (χ1v) is 9.46. The van der Waals surface area contributed by atoms with Gasteiger partial charge in [0.05, 0.1) is 23.9 Å². The van der Waals surface area contributed by atoms with Crippen LogP contribution in [0.1, 0.15) is 33.4 Å². The van der Waals surface area contributed by atoms with Crippen molar-refractivity contribution in [3.05, 3.63) is 76.0 Å². The molecular weight excluding hydrogens is 440 g/mol. The van der Waals surface area contributed by atoms with Gasteiger partial charge in [-0.1, -0.05) is 28.1 Å². The lowest BCUT2D eigenvalue weighted by atomic mass is 10.1. The minimum atomic E-state index is -0.554. The Kier molecular flexibility index (Phi) is 6.46. The molecule has 0 spiro atoms. The first-order valence-electron chi connectivity index (χ1n) is 8.67. The fourth-order valence-electron chi connectivity index (χ4n) is 2.47. The van der Waals surface area contributed by atoms with Crippen LogP contribution in [0.5, 0.6) is 5.75 Å². The van der Waals surface area contributed by atoms with Gasteiger partial charge in [0.2, 0.25) is 0 Å². The lowest BCUT2D eigenvalue weighted by Crippen LogP contribution is -2.17. The predicted octanol–water partition coefficient (Wildman–Crippen LogP) is 4.36. The van der Waals surface area contributed by atoms with E-state index in [1.54, 1.807) is 49.4 Å². The van der Waals surface area contributed by atoms with Gasteiger partial charge >= 0.3 is 5.97 Å². The van der Waals surface area contributed by atoms with E-state index >= 15 is 0 Å². The second kappa shape index (κ2) is 9.20. The van der Waals surface area contributed by atoms with Gasteiger partial charge in [0.15, 0.2) is 0 Å². The molecule has 0 bridgehead atoms. The summed E-state index contributed by atoms with van der Waals surface area (Å²) in [4.78, 5) is 23.8. The number of ether oxygens (including phenoxy) is 1. The normalized spacial score (nSPS) is 10.8. The van der Waals surface area contributed by atoms with Gasteiger partial charge in [-0.25, -0.2) is 10.2 Å². The average Bonchev–Trinajstić information content (AvgIpc) is 3.19. The molecule has 0 aliphatic rings. The maximum Gasteiger partial charge on any atom is 0.338 e. The maximum absolute atomic E-state index is 12.1. The Morgan fingerprint density at radius 2 is 1.93 bits per heavy atom. The second-order valence-electron chi connectivity index (χ2n) is 5.86. The van der Waals surface area contributed by atoms with Crippen LogP contribution in [0.25, 0.3) is 11.3 Å². The molecule has 0 aliphatic heterocycles. The third-order valence-electron chi connectivity index (χ3n) is 3.87. The highest BCUT2D eigenvalue weighted by Crippen LogP contribution is 2.23. The molecule has 3 rings (SSSR count). The van der Waals surface area contributed by atoms with Crippen LogP contribution in [0.3, 0.4) is 0 Å². The molecule has 2 N–H and O–H groups in total. The topological polar surface area (TPSA) is 101 Å². The molecule has 0 fully saturated rings. The maximum atomic E-state index is 12.1. The van der Waals surface area contributed by atoms with E-state index in [-0.39, 0.29) is 17.3 Å². The summed E-state index contributed by atoms with van der Waals surface area (Å²) in [5.74, 6) is -0.0709. The number of carbonyl (C=O) groups excluding carboxylic acids is 2. The van der Waals surface area contributed by atoms with Gasteiger partial charge in [-0.15, -0.1) is 0 Å². The van der Waals surface area contributed by atoms with Gasteiger partial charge in [-0.2, -0.15) is 5.10 Å². The molecular formula is C21H17BrN2O5. The van der Waals surface area contributed by atoms with E-state index in [1.165, 1.54) is 18.3 Å². The third kappa shape index (κ3) is 5.11. The molecule has 0 radical (unpaired) electrons. The second-order valence-corrected chi connectivity index (χ2v) is 6.78. The Labute approximate surface area is 175 Å². The smallest absolute Gasteiger partial charge is 0.338 e. The molecule has 1 amide bonds. The molecule has 148 valence electrons. The summed E-state index contributed by atoms with van der Waals surface area (Å²) in [5.41, 5.74) is 3.67. The van der Waals surface area contributed by atoms with E-state index in [9.17, 15) is 14.7 Å². The van der Waals surface area contributed by atoms with E-state index in [4.69, 9.17) is 9.15 Å². The zero-order chi connectivity index (χ0) is 20.8. The standard InChI is InChI=1S/C21H17BrN2O5/c1-2-28-21(27)14-5-3-13(4-6-14)19-10-8-16(29-19)12-23-24-20(26)17-11-15(22)7-9-18(17)25/h3-12,25H,2H2,1H3,(H,24,26)/b23-12+. The lowest BCUT2D eigenvalue weighted by molar-refractivity contribution is 0.0526. The van der Waals surface area contributed by atoms with Crippen LogP contribution >= 0.6 is 15.9 Å². The number of phenols is 1. The Hall–Kier alpha value is -3.39. The van der Waals surface area contributed by atoms with E-state index < -0.39 is 5.91 Å². The van der Waals surface area contributed by atoms with Crippen molar-refractivity contribution < 1.29 is 23.8 Å². The van der Waals surface area contributed by atoms with Crippen LogP contribution in [-0.4, -0.2) is 29.8 Å². The largest absolute Gasteiger partial charge is 0.507 e. The van der Waals surface area contributed by atoms with Gasteiger partial charge in [0.1, 0.15) is 17.3 Å². The molecule has 0 saturated carbocycles. The summed E-state index contributed by atoms with van der Waals surface area (Å²) in [6.45, 7) is 2.07. The Balaban J connectivity index is 1.65. The number of esters is 1. The van der Waals surface area contributed by atoms with Crippen LogP contribution in [0, 0.1) is 0 Å². The summed E-state index contributed by atoms with van der Waals surface area (Å²) < 4.78 is 11.3. The zero-order valence-electron chi connectivity index (χ0n) is 15.4. The minimum Gasteiger partial charge on any atom is -0.507 e. The van der Waals surface area contributed by atoms with Gasteiger partial charge in [-0.3, -0.25) is 4.79 Å². The fraction of sp³-hybridized carbons (Fsp3) is 0.0952. The number of halogens is 1. The fourth-order valence-corrected chi connectivity index (χ4v) is 2.83. The number of nitrogens with one attached hydrogen (secondary N) is 1. The van der Waals surface area contributed by atoms with Gasteiger partial charge in [-0.05, 0) is 49.4 Å². The van der Waals surface area contributed by atoms with E-state index in [0.29, 0.717) is 28.2 Å². The number of hydrazone groups is 1.